The van der Waals surface area contributed by atoms with E-state index in [-0.39, 0.29) is 0 Å². The van der Waals surface area contributed by atoms with Crippen LogP contribution in [-0.2, 0) is 15.9 Å². The smallest absolute Gasteiger partial charge is 0.337 e. The van der Waals surface area contributed by atoms with Crippen molar-refractivity contribution in [3.8, 4) is 0 Å². The Kier molecular flexibility index (Phi) is 2.82. The summed E-state index contributed by atoms with van der Waals surface area (Å²) in [6.07, 6.45) is 1.68. The van der Waals surface area contributed by atoms with Gasteiger partial charge in [-0.3, -0.25) is 4.98 Å². The maximum atomic E-state index is 11.3. The van der Waals surface area contributed by atoms with E-state index in [9.17, 15) is 4.21 Å². The second-order valence-electron chi connectivity index (χ2n) is 3.87. The average Bonchev–Trinajstić information content (AvgIpc) is 2.84. The lowest BCUT2D eigenvalue weighted by atomic mass is 10.2. The van der Waals surface area contributed by atoms with E-state index in [1.54, 1.807) is 6.20 Å². The van der Waals surface area contributed by atoms with E-state index in [2.05, 4.69) is 15.0 Å². The number of hydrogen-bond donors (Lipinski definition) is 1. The highest BCUT2D eigenvalue weighted by molar-refractivity contribution is 7.66. The number of hydrogen-bond acceptors (Lipinski definition) is 3. The van der Waals surface area contributed by atoms with Gasteiger partial charge < -0.3 is 4.98 Å². The van der Waals surface area contributed by atoms with Gasteiger partial charge in [0.15, 0.2) is 5.82 Å². The second-order valence-corrected chi connectivity index (χ2v) is 4.53. The molecule has 88 valence electrons. The van der Waals surface area contributed by atoms with E-state index in [0.717, 1.165) is 16.7 Å². The number of aromatic amines is 1. The van der Waals surface area contributed by atoms with Crippen LogP contribution in [0.2, 0.25) is 0 Å². The second kappa shape index (κ2) is 4.62. The summed E-state index contributed by atoms with van der Waals surface area (Å²) in [4.78, 5) is 11.8. The highest BCUT2D eigenvalue weighted by atomic mass is 32.1. The Morgan fingerprint density at radius 3 is 2.67 bits per heavy atom. The third kappa shape index (κ3) is 1.89. The first-order chi connectivity index (χ1) is 8.88. The van der Waals surface area contributed by atoms with Crippen LogP contribution in [0, 0.1) is 0 Å². The quantitative estimate of drug-likeness (QED) is 0.732. The van der Waals surface area contributed by atoms with E-state index in [4.69, 9.17) is 0 Å². The van der Waals surface area contributed by atoms with Gasteiger partial charge in [-0.15, -0.1) is 0 Å². The van der Waals surface area contributed by atoms with Gasteiger partial charge in [-0.2, -0.15) is 0 Å². The lowest BCUT2D eigenvalue weighted by Crippen LogP contribution is -2.03. The van der Waals surface area contributed by atoms with Crippen molar-refractivity contribution in [2.75, 3.05) is 0 Å². The van der Waals surface area contributed by atoms with E-state index in [1.807, 2.05) is 42.5 Å². The third-order valence-corrected chi connectivity index (χ3v) is 3.37. The molecule has 5 heteroatoms. The Hall–Kier alpha value is -2.14. The molecule has 4 nitrogen and oxygen atoms in total. The van der Waals surface area contributed by atoms with Gasteiger partial charge >= 0.3 is 16.9 Å². The third-order valence-electron chi connectivity index (χ3n) is 2.71. The summed E-state index contributed by atoms with van der Waals surface area (Å²) in [6, 6.07) is 13.3. The van der Waals surface area contributed by atoms with Crippen LogP contribution in [0.25, 0.3) is 11.0 Å². The van der Waals surface area contributed by atoms with Crippen LogP contribution in [0.3, 0.4) is 0 Å². The molecule has 1 unspecified atom stereocenters. The van der Waals surface area contributed by atoms with Crippen molar-refractivity contribution in [3.05, 3.63) is 60.2 Å². The lowest BCUT2D eigenvalue weighted by molar-refractivity contribution is 0.600. The van der Waals surface area contributed by atoms with Gasteiger partial charge in [-0.1, -0.05) is 18.2 Å². The molecule has 3 aromatic rings. The molecule has 0 fully saturated rings. The van der Waals surface area contributed by atoms with Crippen molar-refractivity contribution in [2.45, 2.75) is 5.25 Å². The fourth-order valence-electron chi connectivity index (χ4n) is 1.86. The van der Waals surface area contributed by atoms with Crippen LogP contribution in [-0.4, -0.2) is 15.0 Å². The topological polar surface area (TPSA) is 58.6 Å². The fraction of sp³-hybridized carbons (Fsp3) is 0.0769. The van der Waals surface area contributed by atoms with E-state index in [1.165, 1.54) is 0 Å². The molecule has 18 heavy (non-hydrogen) atoms. The standard InChI is InChI=1S/C13H10N3OS/c17-18-12(11-7-3-4-8-14-11)13-15-9-5-1-2-6-10(9)16-13/h1-8,12H,(H,15,16)/q+1. The van der Waals surface area contributed by atoms with Gasteiger partial charge in [-0.05, 0) is 24.3 Å². The molecule has 0 aliphatic heterocycles. The van der Waals surface area contributed by atoms with Gasteiger partial charge in [0.05, 0.1) is 11.0 Å². The molecular formula is C13H10N3OS+. The molecule has 0 amide bonds. The number of benzene rings is 1. The van der Waals surface area contributed by atoms with E-state index >= 15 is 0 Å². The fourth-order valence-corrected chi connectivity index (χ4v) is 2.30. The van der Waals surface area contributed by atoms with Gasteiger partial charge in [-0.25, -0.2) is 4.98 Å². The van der Waals surface area contributed by atoms with Gasteiger partial charge in [0.1, 0.15) is 5.69 Å². The molecule has 3 rings (SSSR count). The summed E-state index contributed by atoms with van der Waals surface area (Å²) in [5.74, 6) is 0.648. The number of H-pyrrole nitrogens is 1. The summed E-state index contributed by atoms with van der Waals surface area (Å²) in [7, 11) is 0. The Morgan fingerprint density at radius 1 is 1.11 bits per heavy atom. The molecule has 0 bridgehead atoms. The number of para-hydroxylation sites is 2. The maximum absolute atomic E-state index is 11.3. The van der Waals surface area contributed by atoms with Gasteiger partial charge in [0, 0.05) is 10.4 Å². The first-order valence-corrected chi connectivity index (χ1v) is 6.33. The van der Waals surface area contributed by atoms with Crippen LogP contribution in [0.1, 0.15) is 16.8 Å². The van der Waals surface area contributed by atoms with Crippen LogP contribution in [0.4, 0.5) is 0 Å². The zero-order chi connectivity index (χ0) is 12.4. The highest BCUT2D eigenvalue weighted by Crippen LogP contribution is 2.22. The Morgan fingerprint density at radius 2 is 1.94 bits per heavy atom. The van der Waals surface area contributed by atoms with Crippen molar-refractivity contribution in [1.82, 2.24) is 15.0 Å². The summed E-state index contributed by atoms with van der Waals surface area (Å²) in [5, 5.41) is -0.404. The highest BCUT2D eigenvalue weighted by Gasteiger charge is 2.31. The van der Waals surface area contributed by atoms with Crippen molar-refractivity contribution >= 4 is 22.7 Å². The number of aromatic nitrogens is 3. The molecule has 0 radical (unpaired) electrons. The van der Waals surface area contributed by atoms with Gasteiger partial charge in [0.2, 0.25) is 0 Å². The summed E-state index contributed by atoms with van der Waals surface area (Å²) < 4.78 is 11.3. The predicted molar refractivity (Wildman–Crippen MR) is 70.2 cm³/mol. The monoisotopic (exact) mass is 256 g/mol. The SMILES string of the molecule is O=[S+]C(c1ccccn1)c1nc2ccccc2[nH]1. The lowest BCUT2D eigenvalue weighted by Gasteiger charge is -1.95. The first-order valence-electron chi connectivity index (χ1n) is 5.52. The molecule has 1 atom stereocenters. The minimum absolute atomic E-state index is 0.404. The molecule has 2 aromatic heterocycles. The number of fused-ring (bicyclic) bond motifs is 1. The molecule has 1 aromatic carbocycles. The Bertz CT molecular complexity index is 648. The van der Waals surface area contributed by atoms with Crippen molar-refractivity contribution in [2.24, 2.45) is 0 Å². The number of pyridine rings is 1. The van der Waals surface area contributed by atoms with Crippen LogP contribution in [0.15, 0.2) is 48.7 Å². The number of nitrogens with one attached hydrogen (secondary N) is 1. The minimum Gasteiger partial charge on any atom is -0.337 e. The molecule has 2 heterocycles. The van der Waals surface area contributed by atoms with Crippen molar-refractivity contribution in [1.29, 1.82) is 0 Å². The van der Waals surface area contributed by atoms with E-state index < -0.39 is 5.25 Å². The molecule has 0 spiro atoms. The summed E-state index contributed by atoms with van der Waals surface area (Å²) in [6.45, 7) is 0. The zero-order valence-electron chi connectivity index (χ0n) is 9.41. The molecule has 0 saturated heterocycles. The van der Waals surface area contributed by atoms with Crippen molar-refractivity contribution in [3.63, 3.8) is 0 Å². The number of rotatable bonds is 3. The zero-order valence-corrected chi connectivity index (χ0v) is 10.2. The maximum Gasteiger partial charge on any atom is 0.477 e. The normalized spacial score (nSPS) is 12.4. The van der Waals surface area contributed by atoms with Crippen LogP contribution < -0.4 is 0 Å². The largest absolute Gasteiger partial charge is 0.477 e. The number of imidazole rings is 1. The van der Waals surface area contributed by atoms with Crippen LogP contribution in [0.5, 0.6) is 0 Å². The molecular weight excluding hydrogens is 246 g/mol. The average molecular weight is 256 g/mol. The molecule has 1 N–H and O–H groups in total. The Labute approximate surface area is 108 Å². The Balaban J connectivity index is 2.09. The summed E-state index contributed by atoms with van der Waals surface area (Å²) >= 11 is 0.485. The van der Waals surface area contributed by atoms with Crippen LogP contribution >= 0.6 is 0 Å². The predicted octanol–water partition coefficient (Wildman–Crippen LogP) is 2.48. The number of nitrogens with zero attached hydrogens (tertiary/aromatic N) is 2. The van der Waals surface area contributed by atoms with Crippen molar-refractivity contribution < 1.29 is 4.21 Å². The minimum atomic E-state index is -0.404. The molecule has 0 aliphatic rings. The van der Waals surface area contributed by atoms with Gasteiger partial charge in [0.25, 0.3) is 0 Å². The molecule has 0 saturated carbocycles. The first kappa shape index (κ1) is 11.0. The summed E-state index contributed by atoms with van der Waals surface area (Å²) in [5.41, 5.74) is 2.52. The van der Waals surface area contributed by atoms with E-state index in [0.29, 0.717) is 17.5 Å². The molecule has 0 aliphatic carbocycles.